The van der Waals surface area contributed by atoms with Gasteiger partial charge in [-0.3, -0.25) is 0 Å². The Balaban J connectivity index is 0.000000157. The maximum absolute atomic E-state index is 13.6. The summed E-state index contributed by atoms with van der Waals surface area (Å²) in [5.41, 5.74) is 10.1. The third-order valence-corrected chi connectivity index (χ3v) is 8.66. The fourth-order valence-electron chi connectivity index (χ4n) is 6.00. The summed E-state index contributed by atoms with van der Waals surface area (Å²) in [7, 11) is 0. The van der Waals surface area contributed by atoms with E-state index in [2.05, 4.69) is 79.1 Å². The van der Waals surface area contributed by atoms with Crippen molar-refractivity contribution in [3.63, 3.8) is 0 Å². The van der Waals surface area contributed by atoms with Crippen molar-refractivity contribution in [2.24, 2.45) is 0 Å². The Kier molecular flexibility index (Phi) is 10.1. The standard InChI is InChI=1S/2C21H18FN3/c2*22-20-4-2-1-3-17(20)14-23-13-15-5-7-16(8-6-15)18-9-11-24-21-19(18)10-12-25-21/h2*1-12,23H,13-14H2,(H,24,25). The number of H-pyrrole nitrogens is 2. The van der Waals surface area contributed by atoms with Crippen LogP contribution in [0.25, 0.3) is 44.3 Å². The minimum absolute atomic E-state index is 0.168. The van der Waals surface area contributed by atoms with Gasteiger partial charge in [0.05, 0.1) is 0 Å². The number of hydrogen-bond donors (Lipinski definition) is 4. The second-order valence-corrected chi connectivity index (χ2v) is 12.0. The van der Waals surface area contributed by atoms with Gasteiger partial charge in [-0.15, -0.1) is 0 Å². The minimum atomic E-state index is -0.168. The largest absolute Gasteiger partial charge is 0.346 e. The number of pyridine rings is 2. The molecule has 4 aromatic heterocycles. The fourth-order valence-corrected chi connectivity index (χ4v) is 6.00. The average molecular weight is 663 g/mol. The number of halogens is 2. The number of nitrogens with zero attached hydrogens (tertiary/aromatic N) is 2. The first-order valence-corrected chi connectivity index (χ1v) is 16.5. The number of rotatable bonds is 10. The molecule has 0 bridgehead atoms. The molecule has 0 radical (unpaired) electrons. The van der Waals surface area contributed by atoms with Crippen molar-refractivity contribution in [2.75, 3.05) is 0 Å². The van der Waals surface area contributed by atoms with E-state index in [1.54, 1.807) is 24.3 Å². The van der Waals surface area contributed by atoms with Gasteiger partial charge >= 0.3 is 0 Å². The van der Waals surface area contributed by atoms with Gasteiger partial charge < -0.3 is 20.6 Å². The van der Waals surface area contributed by atoms with Crippen LogP contribution in [-0.4, -0.2) is 19.9 Å². The summed E-state index contributed by atoms with van der Waals surface area (Å²) < 4.78 is 27.2. The monoisotopic (exact) mass is 662 g/mol. The highest BCUT2D eigenvalue weighted by atomic mass is 19.1. The maximum atomic E-state index is 13.6. The van der Waals surface area contributed by atoms with Gasteiger partial charge in [0.1, 0.15) is 22.9 Å². The molecule has 8 rings (SSSR count). The Morgan fingerprint density at radius 1 is 0.460 bits per heavy atom. The summed E-state index contributed by atoms with van der Waals surface area (Å²) in [5.74, 6) is -0.336. The van der Waals surface area contributed by atoms with Crippen LogP contribution in [0.4, 0.5) is 8.78 Å². The van der Waals surface area contributed by atoms with Crippen LogP contribution in [0.1, 0.15) is 22.3 Å². The van der Waals surface area contributed by atoms with Crippen LogP contribution in [-0.2, 0) is 26.2 Å². The summed E-state index contributed by atoms with van der Waals surface area (Å²) >= 11 is 0. The zero-order valence-electron chi connectivity index (χ0n) is 27.3. The van der Waals surface area contributed by atoms with Crippen molar-refractivity contribution in [1.29, 1.82) is 0 Å². The van der Waals surface area contributed by atoms with Gasteiger partial charge in [-0.2, -0.15) is 0 Å². The number of fused-ring (bicyclic) bond motifs is 2. The first-order valence-electron chi connectivity index (χ1n) is 16.5. The van der Waals surface area contributed by atoms with E-state index in [-0.39, 0.29) is 11.6 Å². The SMILES string of the molecule is Fc1ccccc1CNCc1ccc(-c2ccnc3[nH]ccc23)cc1.Fc1ccccc1CNCc1ccc(-c2ccnc3[nH]ccc23)cc1. The predicted molar refractivity (Wildman–Crippen MR) is 197 cm³/mol. The normalized spacial score (nSPS) is 11.1. The van der Waals surface area contributed by atoms with Crippen molar-refractivity contribution in [3.8, 4) is 22.3 Å². The van der Waals surface area contributed by atoms with Crippen LogP contribution in [0.3, 0.4) is 0 Å². The van der Waals surface area contributed by atoms with Crippen molar-refractivity contribution >= 4 is 22.1 Å². The summed E-state index contributed by atoms with van der Waals surface area (Å²) in [4.78, 5) is 14.9. The molecule has 4 N–H and O–H groups in total. The number of aromatic amines is 2. The van der Waals surface area contributed by atoms with Crippen LogP contribution in [0.5, 0.6) is 0 Å². The average Bonchev–Trinajstić information content (AvgIpc) is 3.85. The second-order valence-electron chi connectivity index (χ2n) is 12.0. The summed E-state index contributed by atoms with van der Waals surface area (Å²) in [5, 5.41) is 8.81. The number of benzene rings is 4. The molecule has 0 aliphatic heterocycles. The molecular formula is C42H36F2N6. The molecule has 8 aromatic rings. The van der Waals surface area contributed by atoms with Gasteiger partial charge in [0, 0.05) is 72.9 Å². The molecule has 50 heavy (non-hydrogen) atoms. The number of aromatic nitrogens is 4. The first-order chi connectivity index (χ1) is 24.6. The minimum Gasteiger partial charge on any atom is -0.346 e. The van der Waals surface area contributed by atoms with E-state index in [9.17, 15) is 8.78 Å². The molecule has 248 valence electrons. The molecule has 0 aliphatic rings. The summed E-state index contributed by atoms with van der Waals surface area (Å²) in [6.07, 6.45) is 7.44. The van der Waals surface area contributed by atoms with Crippen LogP contribution < -0.4 is 10.6 Å². The lowest BCUT2D eigenvalue weighted by molar-refractivity contribution is 0.588. The van der Waals surface area contributed by atoms with Crippen LogP contribution >= 0.6 is 0 Å². The first kappa shape index (κ1) is 32.6. The Morgan fingerprint density at radius 2 is 0.880 bits per heavy atom. The molecule has 6 nitrogen and oxygen atoms in total. The molecule has 4 heterocycles. The lowest BCUT2D eigenvalue weighted by atomic mass is 10.0. The molecule has 0 atom stereocenters. The highest BCUT2D eigenvalue weighted by Crippen LogP contribution is 2.28. The molecule has 0 amide bonds. The van der Waals surface area contributed by atoms with E-state index in [1.165, 1.54) is 23.3 Å². The van der Waals surface area contributed by atoms with Gasteiger partial charge in [0.25, 0.3) is 0 Å². The molecule has 0 unspecified atom stereocenters. The van der Waals surface area contributed by atoms with E-state index in [0.717, 1.165) is 44.3 Å². The molecule has 0 saturated heterocycles. The van der Waals surface area contributed by atoms with Crippen LogP contribution in [0.2, 0.25) is 0 Å². The Morgan fingerprint density at radius 3 is 1.30 bits per heavy atom. The topological polar surface area (TPSA) is 81.4 Å². The van der Waals surface area contributed by atoms with Crippen molar-refractivity contribution in [1.82, 2.24) is 30.6 Å². The van der Waals surface area contributed by atoms with E-state index < -0.39 is 0 Å². The molecule has 0 saturated carbocycles. The summed E-state index contributed by atoms with van der Waals surface area (Å²) in [6.45, 7) is 2.43. The second kappa shape index (κ2) is 15.5. The Bertz CT molecular complexity index is 2140. The Hall–Kier alpha value is -5.96. The van der Waals surface area contributed by atoms with Crippen molar-refractivity contribution in [3.05, 3.63) is 180 Å². The summed E-state index contributed by atoms with van der Waals surface area (Å²) in [6, 6.07) is 38.7. The van der Waals surface area contributed by atoms with E-state index in [4.69, 9.17) is 0 Å². The van der Waals surface area contributed by atoms with Gasteiger partial charge in [-0.25, -0.2) is 18.7 Å². The predicted octanol–water partition coefficient (Wildman–Crippen LogP) is 9.32. The zero-order chi connectivity index (χ0) is 34.1. The van der Waals surface area contributed by atoms with Crippen molar-refractivity contribution < 1.29 is 8.78 Å². The third kappa shape index (κ3) is 7.68. The molecule has 4 aromatic carbocycles. The molecule has 0 spiro atoms. The highest BCUT2D eigenvalue weighted by Gasteiger charge is 2.07. The van der Waals surface area contributed by atoms with Gasteiger partial charge in [0.15, 0.2) is 0 Å². The molecule has 8 heteroatoms. The highest BCUT2D eigenvalue weighted by molar-refractivity contribution is 5.93. The van der Waals surface area contributed by atoms with Gasteiger partial charge in [-0.1, -0.05) is 84.9 Å². The van der Waals surface area contributed by atoms with Gasteiger partial charge in [-0.05, 0) is 69.8 Å². The Labute approximate surface area is 289 Å². The fraction of sp³-hybridized carbons (Fsp3) is 0.0952. The van der Waals surface area contributed by atoms with Crippen molar-refractivity contribution in [2.45, 2.75) is 26.2 Å². The van der Waals surface area contributed by atoms with Crippen LogP contribution in [0, 0.1) is 11.6 Å². The van der Waals surface area contributed by atoms with Gasteiger partial charge in [0.2, 0.25) is 0 Å². The lowest BCUT2D eigenvalue weighted by Crippen LogP contribution is -2.13. The van der Waals surface area contributed by atoms with E-state index in [1.807, 2.05) is 61.2 Å². The molecule has 0 fully saturated rings. The lowest BCUT2D eigenvalue weighted by Gasteiger charge is -2.08. The molecule has 0 aliphatic carbocycles. The van der Waals surface area contributed by atoms with Crippen LogP contribution in [0.15, 0.2) is 146 Å². The quantitative estimate of drug-likeness (QED) is 0.118. The van der Waals surface area contributed by atoms with E-state index in [0.29, 0.717) is 37.3 Å². The number of nitrogens with one attached hydrogen (secondary N) is 4. The smallest absolute Gasteiger partial charge is 0.137 e. The molecular weight excluding hydrogens is 626 g/mol. The zero-order valence-corrected chi connectivity index (χ0v) is 27.3. The maximum Gasteiger partial charge on any atom is 0.137 e. The number of hydrogen-bond acceptors (Lipinski definition) is 4. The third-order valence-electron chi connectivity index (χ3n) is 8.66. The van der Waals surface area contributed by atoms with E-state index >= 15 is 0 Å².